The summed E-state index contributed by atoms with van der Waals surface area (Å²) in [5, 5.41) is 11.7. The highest BCUT2D eigenvalue weighted by Crippen LogP contribution is 2.54. The molecule has 7 unspecified atom stereocenters. The average Bonchev–Trinajstić information content (AvgIpc) is 1.63. The Balaban J connectivity index is 0.957. The van der Waals surface area contributed by atoms with Gasteiger partial charge in [-0.2, -0.15) is 15.0 Å². The minimum absolute atomic E-state index is 0.0516. The number of aliphatic hydroxyl groups excluding tert-OH is 1. The van der Waals surface area contributed by atoms with Gasteiger partial charge in [0.15, 0.2) is 54.0 Å². The molecule has 6 aromatic heterocycles. The first-order valence-corrected chi connectivity index (χ1v) is 38.5. The second-order valence-corrected chi connectivity index (χ2v) is 31.1. The Hall–Kier alpha value is -5.30. The molecule has 0 radical (unpaired) electrons. The van der Waals surface area contributed by atoms with Crippen LogP contribution in [0.15, 0.2) is 49.0 Å². The molecule has 10 N–H and O–H groups in total. The van der Waals surface area contributed by atoms with Gasteiger partial charge in [-0.25, -0.2) is 19.6 Å². The normalized spacial score (nSPS) is 28.7. The van der Waals surface area contributed by atoms with Crippen LogP contribution in [-0.2, 0) is 124 Å². The van der Waals surface area contributed by atoms with E-state index in [0.29, 0.717) is 5.56 Å². The zero-order valence-electron chi connectivity index (χ0n) is 54.9. The van der Waals surface area contributed by atoms with Crippen LogP contribution in [0.3, 0.4) is 0 Å². The van der Waals surface area contributed by atoms with E-state index in [1.807, 2.05) is 0 Å². The molecule has 4 aliphatic heterocycles. The van der Waals surface area contributed by atoms with E-state index in [4.69, 9.17) is 137 Å². The summed E-state index contributed by atoms with van der Waals surface area (Å²) in [6.45, 7) is -13.3. The van der Waals surface area contributed by atoms with Crippen molar-refractivity contribution in [1.29, 1.82) is 0 Å². The van der Waals surface area contributed by atoms with E-state index in [0.717, 1.165) is 21.8 Å². The average molecular weight is 1540 g/mol. The fraction of sp³-hybridized carbons (Fsp3) is 0.660. The van der Waals surface area contributed by atoms with Crippen LogP contribution >= 0.6 is 20.2 Å². The van der Waals surface area contributed by atoms with Gasteiger partial charge in [0.1, 0.15) is 86.4 Å². The maximum atomic E-state index is 15.2. The third-order valence-corrected chi connectivity index (χ3v) is 20.8. The number of nitrogens with two attached hydrogens (primary N) is 3. The number of methoxy groups -OCH3 is 4. The van der Waals surface area contributed by atoms with Crippen LogP contribution in [0.1, 0.15) is 49.4 Å². The summed E-state index contributed by atoms with van der Waals surface area (Å²) < 4.78 is 127. The van der Waals surface area contributed by atoms with Crippen molar-refractivity contribution in [3.05, 3.63) is 88.2 Å². The molecule has 0 amide bonds. The van der Waals surface area contributed by atoms with E-state index >= 15 is 4.57 Å². The quantitative estimate of drug-likeness (QED) is 0.0117. The number of nitrogen functional groups attached to an aromatic ring is 3. The van der Waals surface area contributed by atoms with Crippen molar-refractivity contribution in [2.75, 3.05) is 118 Å². The zero-order valence-corrected chi connectivity index (χ0v) is 60.1. The van der Waals surface area contributed by atoms with Crippen LogP contribution in [0.4, 0.5) is 17.7 Å². The molecule has 0 spiro atoms. The first-order chi connectivity index (χ1) is 48.1. The Morgan fingerprint density at radius 2 is 0.950 bits per heavy atom. The molecule has 4 fully saturated rings. The number of imidazole rings is 2. The number of nitrogens with zero attached hydrogens (tertiary/aromatic N) is 9. The number of H-pyrrole nitrogens is 3. The molecule has 560 valence electrons. The Morgan fingerprint density at radius 3 is 1.44 bits per heavy atom. The van der Waals surface area contributed by atoms with E-state index in [9.17, 15) is 38.9 Å². The van der Waals surface area contributed by atoms with E-state index in [1.165, 1.54) is 56.9 Å². The fourth-order valence-corrected chi connectivity index (χ4v) is 15.7. The molecule has 6 aromatic rings. The number of hydrogen-bond donors (Lipinski definition) is 7. The van der Waals surface area contributed by atoms with Crippen molar-refractivity contribution in [1.82, 2.24) is 58.1 Å². The largest absolute Gasteiger partial charge is 0.780 e. The molecule has 0 aliphatic carbocycles. The lowest BCUT2D eigenvalue weighted by Crippen LogP contribution is -2.41. The number of anilines is 3. The van der Waals surface area contributed by atoms with Gasteiger partial charge in [0.2, 0.25) is 11.9 Å². The van der Waals surface area contributed by atoms with Gasteiger partial charge in [-0.3, -0.25) is 52.2 Å². The van der Waals surface area contributed by atoms with Gasteiger partial charge in [0.05, 0.1) is 91.4 Å². The molecular weight excluding hydrogens is 1470 g/mol. The standard InChI is InChI=1S/C53H78N15O27P3S3/c1-8-26-33(37(83-14-10-79-5)47(89-26)66-18-25(3)43(70)64-53(66)74)93-97(76,100)87-20-28-35(39(85-16-12-81-7)49(91-28)68-23-58-31-42(68)61-51(56)63-45(31)72)95-98(77,101)88-21-29-34(38(84-15-11-80-6)48(92-29)67-22-57-30-41(67)60-50(55)62-44(30)71)94-96(75,99)86-19-27-32(69)36(82-13-9-78-4)46(90-27)65-17-24(2)40(54)59-52(65)73/h17-18,22-23,26-29,32-39,46-49,69H,8-16,19-21H2,1-7H3,(H,75,99)(H,76,100)(H,77,101)(H2,54,59,73)(H,64,70,74)(H3,55,60,62,71)(H3,56,61,63,72)/p-3/t26-,27-,28-,29-,32?,33?,34?,35?,36+,37+,38+,39+,46-,47-,48-,49-,96?,97?,98?/m1/s1. The first kappa shape index (κ1) is 78.3. The Morgan fingerprint density at radius 1 is 0.545 bits per heavy atom. The lowest BCUT2D eigenvalue weighted by atomic mass is 10.1. The topological polar surface area (TPSA) is 545 Å². The number of aryl methyl sites for hydroxylation is 2. The lowest BCUT2D eigenvalue weighted by molar-refractivity contribution is -0.219. The number of ether oxygens (including phenoxy) is 12. The van der Waals surface area contributed by atoms with Crippen molar-refractivity contribution in [3.8, 4) is 0 Å². The summed E-state index contributed by atoms with van der Waals surface area (Å²) in [6.07, 6.45) is -18.1. The summed E-state index contributed by atoms with van der Waals surface area (Å²) in [6, 6.07) is 0. The second kappa shape index (κ2) is 33.9. The molecule has 10 rings (SSSR count). The highest BCUT2D eigenvalue weighted by Gasteiger charge is 2.54. The summed E-state index contributed by atoms with van der Waals surface area (Å²) >= 11 is 16.7. The van der Waals surface area contributed by atoms with E-state index < -0.39 is 166 Å². The number of aromatic amines is 3. The van der Waals surface area contributed by atoms with Gasteiger partial charge in [-0.15, -0.1) is 0 Å². The number of nitrogens with one attached hydrogen (secondary N) is 3. The minimum Gasteiger partial charge on any atom is -0.780 e. The third kappa shape index (κ3) is 18.2. The molecule has 10 heterocycles. The predicted molar refractivity (Wildman–Crippen MR) is 353 cm³/mol. The van der Waals surface area contributed by atoms with Crippen molar-refractivity contribution in [2.45, 2.75) is 125 Å². The highest BCUT2D eigenvalue weighted by molar-refractivity contribution is 8.32. The Labute approximate surface area is 587 Å². The van der Waals surface area contributed by atoms with Crippen LogP contribution in [0.25, 0.3) is 22.3 Å². The molecule has 0 bridgehead atoms. The van der Waals surface area contributed by atoms with Gasteiger partial charge >= 0.3 is 11.4 Å². The summed E-state index contributed by atoms with van der Waals surface area (Å²) in [5.41, 5.74) is 13.9. The van der Waals surface area contributed by atoms with Crippen LogP contribution in [-0.4, -0.2) is 238 Å². The summed E-state index contributed by atoms with van der Waals surface area (Å²) in [5.74, 6) is -0.723. The molecular formula is C53H75N15O27P3S3-3. The van der Waals surface area contributed by atoms with Crippen LogP contribution in [0, 0.1) is 13.8 Å². The molecule has 4 saturated heterocycles. The fourth-order valence-electron chi connectivity index (χ4n) is 11.5. The monoisotopic (exact) mass is 1540 g/mol. The van der Waals surface area contributed by atoms with Crippen LogP contribution in [0.5, 0.6) is 0 Å². The number of fused-ring (bicyclic) bond motifs is 2. The first-order valence-electron chi connectivity index (χ1n) is 30.9. The van der Waals surface area contributed by atoms with Crippen molar-refractivity contribution in [2.24, 2.45) is 0 Å². The van der Waals surface area contributed by atoms with E-state index in [1.54, 1.807) is 13.8 Å². The van der Waals surface area contributed by atoms with Gasteiger partial charge in [-0.05, 0) is 20.3 Å². The molecule has 42 nitrogen and oxygen atoms in total. The number of aliphatic hydroxyl groups is 1. The summed E-state index contributed by atoms with van der Waals surface area (Å²) in [7, 11) is 5.60. The number of hydrogen-bond acceptors (Lipinski definition) is 38. The van der Waals surface area contributed by atoms with Gasteiger partial charge in [0, 0.05) is 52.0 Å². The zero-order chi connectivity index (χ0) is 72.8. The number of aromatic nitrogens is 12. The molecule has 4 aliphatic rings. The van der Waals surface area contributed by atoms with Crippen molar-refractivity contribution < 1.29 is 103 Å². The number of rotatable bonds is 36. The van der Waals surface area contributed by atoms with Gasteiger partial charge in [0.25, 0.3) is 16.7 Å². The van der Waals surface area contributed by atoms with Gasteiger partial charge in [-0.1, -0.05) is 30.5 Å². The maximum absolute atomic E-state index is 15.2. The Bertz CT molecular complexity index is 4320. The molecule has 48 heteroatoms. The highest BCUT2D eigenvalue weighted by atomic mass is 32.7. The van der Waals surface area contributed by atoms with Crippen molar-refractivity contribution in [3.63, 3.8) is 0 Å². The smallest absolute Gasteiger partial charge is 0.351 e. The maximum Gasteiger partial charge on any atom is 0.351 e. The SMILES string of the molecule is CC[C@H]1O[C@@H](n2cc(C)c(=O)[nH]c2=O)[C@@H](OCCOC)C1OP([O-])(=S)OC[C@H]1O[C@@H](n2cnc3c(=O)[nH]c(N)nc32)[C@@H](OCCOC)C1OP(=O)([S-])OC[C@H]1O[C@@H](n2cnc3c(=O)[nH]c(N)nc32)[C@@H](OCCOC)C1OP([O-])(=S)OC[C@H]1O[C@@H](n2cc(C)c(N)nc2=O)[C@@H](OCCOC)C1O. The lowest BCUT2D eigenvalue weighted by Gasteiger charge is -2.36. The van der Waals surface area contributed by atoms with Crippen molar-refractivity contribution >= 4 is 96.1 Å². The molecule has 101 heavy (non-hydrogen) atoms. The van der Waals surface area contributed by atoms with Crippen LogP contribution in [0.2, 0.25) is 0 Å². The minimum atomic E-state index is -5.11. The Kier molecular flexibility index (Phi) is 26.2. The molecule has 0 aromatic carbocycles. The third-order valence-electron chi connectivity index (χ3n) is 16.2. The predicted octanol–water partition coefficient (Wildman–Crippen LogP) is -3.06. The molecule has 0 saturated carbocycles. The molecule has 19 atom stereocenters. The summed E-state index contributed by atoms with van der Waals surface area (Å²) in [4.78, 5) is 122. The van der Waals surface area contributed by atoms with E-state index in [2.05, 4.69) is 39.9 Å². The van der Waals surface area contributed by atoms with Crippen LogP contribution < -0.4 is 55.0 Å². The second-order valence-electron chi connectivity index (χ2n) is 22.9. The van der Waals surface area contributed by atoms with E-state index in [-0.39, 0.29) is 105 Å². The van der Waals surface area contributed by atoms with Gasteiger partial charge < -0.3 is 128 Å².